The number of piperazine rings is 1. The number of hydrogen-bond acceptors (Lipinski definition) is 4. The first-order chi connectivity index (χ1) is 13.6. The van der Waals surface area contributed by atoms with Gasteiger partial charge in [-0.2, -0.15) is 0 Å². The molecule has 28 heavy (non-hydrogen) atoms. The summed E-state index contributed by atoms with van der Waals surface area (Å²) in [7, 11) is 0. The highest BCUT2D eigenvalue weighted by molar-refractivity contribution is 5.66. The first-order valence-electron chi connectivity index (χ1n) is 9.76. The van der Waals surface area contributed by atoms with Gasteiger partial charge in [-0.1, -0.05) is 18.2 Å². The van der Waals surface area contributed by atoms with Crippen LogP contribution in [-0.2, 0) is 11.4 Å². The molecule has 0 radical (unpaired) electrons. The van der Waals surface area contributed by atoms with Gasteiger partial charge in [-0.05, 0) is 49.2 Å². The molecule has 1 aliphatic heterocycles. The van der Waals surface area contributed by atoms with Crippen LogP contribution in [0.5, 0.6) is 5.75 Å². The van der Waals surface area contributed by atoms with Crippen LogP contribution in [0.1, 0.15) is 24.8 Å². The highest BCUT2D eigenvalue weighted by Gasteiger charge is 2.17. The highest BCUT2D eigenvalue weighted by atomic mass is 19.1. The van der Waals surface area contributed by atoms with E-state index in [1.165, 1.54) is 12.1 Å². The Kier molecular flexibility index (Phi) is 7.25. The van der Waals surface area contributed by atoms with Crippen LogP contribution in [0.25, 0.3) is 0 Å². The van der Waals surface area contributed by atoms with Crippen molar-refractivity contribution in [2.75, 3.05) is 37.6 Å². The summed E-state index contributed by atoms with van der Waals surface area (Å²) in [6.45, 7) is 5.22. The lowest BCUT2D eigenvalue weighted by Crippen LogP contribution is -2.46. The highest BCUT2D eigenvalue weighted by Crippen LogP contribution is 2.23. The lowest BCUT2D eigenvalue weighted by Gasteiger charge is -2.36. The summed E-state index contributed by atoms with van der Waals surface area (Å²) in [6, 6.07) is 14.4. The van der Waals surface area contributed by atoms with Crippen molar-refractivity contribution < 1.29 is 19.0 Å². The maximum atomic E-state index is 13.0. The third-order valence-corrected chi connectivity index (χ3v) is 4.99. The number of carboxylic acids is 1. The van der Waals surface area contributed by atoms with Crippen molar-refractivity contribution in [1.82, 2.24) is 4.90 Å². The number of nitrogens with zero attached hydrogens (tertiary/aromatic N) is 2. The average Bonchev–Trinajstić information content (AvgIpc) is 2.71. The van der Waals surface area contributed by atoms with E-state index in [9.17, 15) is 9.18 Å². The summed E-state index contributed by atoms with van der Waals surface area (Å²) < 4.78 is 18.8. The molecule has 0 amide bonds. The van der Waals surface area contributed by atoms with Crippen molar-refractivity contribution in [2.24, 2.45) is 0 Å². The first-order valence-corrected chi connectivity index (χ1v) is 9.76. The second kappa shape index (κ2) is 10.1. The third kappa shape index (κ3) is 6.23. The minimum absolute atomic E-state index is 0.244. The number of benzene rings is 2. The van der Waals surface area contributed by atoms with Crippen molar-refractivity contribution in [3.05, 3.63) is 59.9 Å². The monoisotopic (exact) mass is 386 g/mol. The van der Waals surface area contributed by atoms with E-state index in [0.717, 1.165) is 62.6 Å². The molecule has 0 unspecified atom stereocenters. The van der Waals surface area contributed by atoms with Gasteiger partial charge in [-0.15, -0.1) is 0 Å². The fraction of sp³-hybridized carbons (Fsp3) is 0.409. The van der Waals surface area contributed by atoms with Gasteiger partial charge in [0, 0.05) is 44.4 Å². The van der Waals surface area contributed by atoms with E-state index in [-0.39, 0.29) is 12.2 Å². The zero-order valence-corrected chi connectivity index (χ0v) is 16.0. The van der Waals surface area contributed by atoms with Gasteiger partial charge in [0.25, 0.3) is 0 Å². The average molecular weight is 386 g/mol. The zero-order valence-electron chi connectivity index (χ0n) is 16.0. The van der Waals surface area contributed by atoms with Gasteiger partial charge in [0.05, 0.1) is 0 Å². The molecule has 0 spiro atoms. The Morgan fingerprint density at radius 2 is 1.79 bits per heavy atom. The van der Waals surface area contributed by atoms with Crippen LogP contribution in [0.15, 0.2) is 48.5 Å². The van der Waals surface area contributed by atoms with E-state index in [2.05, 4.69) is 15.9 Å². The Morgan fingerprint density at radius 1 is 1.04 bits per heavy atom. The number of carboxylic acid groups (broad SMARTS) is 1. The largest absolute Gasteiger partial charge is 0.489 e. The Morgan fingerprint density at radius 3 is 2.50 bits per heavy atom. The zero-order chi connectivity index (χ0) is 19.8. The minimum Gasteiger partial charge on any atom is -0.489 e. The summed E-state index contributed by atoms with van der Waals surface area (Å²) in [6.07, 6.45) is 1.92. The van der Waals surface area contributed by atoms with Crippen LogP contribution in [-0.4, -0.2) is 48.7 Å². The van der Waals surface area contributed by atoms with Crippen molar-refractivity contribution >= 4 is 11.7 Å². The van der Waals surface area contributed by atoms with Gasteiger partial charge < -0.3 is 14.7 Å². The molecule has 1 heterocycles. The van der Waals surface area contributed by atoms with Crippen LogP contribution in [0, 0.1) is 5.82 Å². The summed E-state index contributed by atoms with van der Waals surface area (Å²) >= 11 is 0. The van der Waals surface area contributed by atoms with Crippen molar-refractivity contribution in [3.8, 4) is 5.75 Å². The Balaban J connectivity index is 1.45. The molecule has 6 heteroatoms. The number of halogens is 1. The predicted molar refractivity (Wildman–Crippen MR) is 107 cm³/mol. The van der Waals surface area contributed by atoms with Gasteiger partial charge >= 0.3 is 5.97 Å². The molecule has 0 atom stereocenters. The normalized spacial score (nSPS) is 14.8. The fourth-order valence-corrected chi connectivity index (χ4v) is 3.36. The third-order valence-electron chi connectivity index (χ3n) is 4.99. The van der Waals surface area contributed by atoms with Crippen LogP contribution in [0.3, 0.4) is 0 Å². The molecule has 0 saturated carbocycles. The second-order valence-corrected chi connectivity index (χ2v) is 7.09. The maximum Gasteiger partial charge on any atom is 0.303 e. The molecule has 2 aromatic rings. The molecule has 1 N–H and O–H groups in total. The van der Waals surface area contributed by atoms with E-state index in [0.29, 0.717) is 6.61 Å². The molecule has 0 bridgehead atoms. The Bertz CT molecular complexity index is 759. The topological polar surface area (TPSA) is 53.0 Å². The van der Waals surface area contributed by atoms with Gasteiger partial charge in [-0.3, -0.25) is 9.69 Å². The van der Waals surface area contributed by atoms with Crippen molar-refractivity contribution in [2.45, 2.75) is 25.9 Å². The molecule has 5 nitrogen and oxygen atoms in total. The van der Waals surface area contributed by atoms with Gasteiger partial charge in [0.1, 0.15) is 18.2 Å². The predicted octanol–water partition coefficient (Wildman–Crippen LogP) is 3.78. The SMILES string of the molecule is O=C(O)CCCCN1CCN(c2cccc(OCc3ccc(F)cc3)c2)CC1. The number of hydrogen-bond donors (Lipinski definition) is 1. The van der Waals surface area contributed by atoms with Crippen molar-refractivity contribution in [3.63, 3.8) is 0 Å². The molecule has 0 aliphatic carbocycles. The lowest BCUT2D eigenvalue weighted by molar-refractivity contribution is -0.137. The quantitative estimate of drug-likeness (QED) is 0.665. The van der Waals surface area contributed by atoms with Crippen molar-refractivity contribution in [1.29, 1.82) is 0 Å². The molecule has 0 aromatic heterocycles. The molecule has 2 aromatic carbocycles. The molecule has 1 saturated heterocycles. The van der Waals surface area contributed by atoms with Crippen LogP contribution in [0.2, 0.25) is 0 Å². The summed E-state index contributed by atoms with van der Waals surface area (Å²) in [5.74, 6) is -0.156. The van der Waals surface area contributed by atoms with Crippen LogP contribution >= 0.6 is 0 Å². The number of ether oxygens (including phenoxy) is 1. The first kappa shape index (κ1) is 20.1. The molecule has 1 fully saturated rings. The van der Waals surface area contributed by atoms with Gasteiger partial charge in [0.15, 0.2) is 0 Å². The van der Waals surface area contributed by atoms with E-state index < -0.39 is 5.97 Å². The molecular weight excluding hydrogens is 359 g/mol. The van der Waals surface area contributed by atoms with Gasteiger partial charge in [-0.25, -0.2) is 4.39 Å². The minimum atomic E-state index is -0.716. The molecular formula is C22H27FN2O3. The Hall–Kier alpha value is -2.60. The van der Waals surface area contributed by atoms with E-state index in [1.54, 1.807) is 12.1 Å². The number of aliphatic carboxylic acids is 1. The maximum absolute atomic E-state index is 13.0. The molecule has 3 rings (SSSR count). The summed E-state index contributed by atoms with van der Waals surface area (Å²) in [5.41, 5.74) is 2.07. The second-order valence-electron chi connectivity index (χ2n) is 7.09. The van der Waals surface area contributed by atoms with Crippen LogP contribution in [0.4, 0.5) is 10.1 Å². The van der Waals surface area contributed by atoms with Crippen LogP contribution < -0.4 is 9.64 Å². The Labute approximate surface area is 165 Å². The number of carbonyl (C=O) groups is 1. The molecule has 150 valence electrons. The number of anilines is 1. The standard InChI is InChI=1S/C22H27FN2O3/c23-19-9-7-18(8-10-19)17-28-21-5-3-4-20(16-21)25-14-12-24(13-15-25)11-2-1-6-22(26)27/h3-5,7-10,16H,1-2,6,11-15,17H2,(H,26,27). The lowest BCUT2D eigenvalue weighted by atomic mass is 10.2. The van der Waals surface area contributed by atoms with E-state index in [4.69, 9.17) is 9.84 Å². The number of rotatable bonds is 9. The summed E-state index contributed by atoms with van der Waals surface area (Å²) in [5, 5.41) is 8.70. The van der Waals surface area contributed by atoms with Gasteiger partial charge in [0.2, 0.25) is 0 Å². The van der Waals surface area contributed by atoms with E-state index in [1.807, 2.05) is 18.2 Å². The smallest absolute Gasteiger partial charge is 0.303 e. The summed E-state index contributed by atoms with van der Waals surface area (Å²) in [4.78, 5) is 15.3. The fourth-order valence-electron chi connectivity index (χ4n) is 3.36. The number of unbranched alkanes of at least 4 members (excludes halogenated alkanes) is 1. The van der Waals surface area contributed by atoms with E-state index >= 15 is 0 Å². The molecule has 1 aliphatic rings.